The van der Waals surface area contributed by atoms with Crippen LogP contribution in [0.15, 0.2) is 65.7 Å². The van der Waals surface area contributed by atoms with Crippen LogP contribution in [-0.4, -0.2) is 49.5 Å². The van der Waals surface area contributed by atoms with Crippen LogP contribution >= 0.6 is 0 Å². The first-order valence-corrected chi connectivity index (χ1v) is 10.1. The fourth-order valence-electron chi connectivity index (χ4n) is 3.48. The van der Waals surface area contributed by atoms with Gasteiger partial charge >= 0.3 is 0 Å². The summed E-state index contributed by atoms with van der Waals surface area (Å²) in [5.41, 5.74) is 1.76. The minimum absolute atomic E-state index is 0.220. The summed E-state index contributed by atoms with van der Waals surface area (Å²) in [6.07, 6.45) is 1.26. The second kappa shape index (κ2) is 10.2. The van der Waals surface area contributed by atoms with Crippen molar-refractivity contribution in [3.63, 3.8) is 0 Å². The number of guanidine groups is 1. The maximum absolute atomic E-state index is 10.7. The van der Waals surface area contributed by atoms with Crippen LogP contribution in [0, 0.1) is 0 Å². The van der Waals surface area contributed by atoms with Crippen molar-refractivity contribution in [3.8, 4) is 0 Å². The van der Waals surface area contributed by atoms with Crippen molar-refractivity contribution in [2.75, 3.05) is 32.8 Å². The predicted octanol–water partition coefficient (Wildman–Crippen LogP) is 2.92. The molecule has 2 aromatic carbocycles. The summed E-state index contributed by atoms with van der Waals surface area (Å²) in [7, 11) is 0. The lowest BCUT2D eigenvalue weighted by Gasteiger charge is -2.30. The molecule has 0 radical (unpaired) electrons. The Morgan fingerprint density at radius 3 is 2.11 bits per heavy atom. The first-order valence-electron chi connectivity index (χ1n) is 10.1. The highest BCUT2D eigenvalue weighted by Gasteiger charge is 2.29. The zero-order chi connectivity index (χ0) is 19.7. The van der Waals surface area contributed by atoms with E-state index in [-0.39, 0.29) is 5.92 Å². The number of nitrogens with one attached hydrogen (secondary N) is 2. The monoisotopic (exact) mass is 381 g/mol. The van der Waals surface area contributed by atoms with Crippen molar-refractivity contribution in [2.45, 2.75) is 31.3 Å². The average Bonchev–Trinajstić information content (AvgIpc) is 2.74. The maximum atomic E-state index is 10.7. The molecule has 28 heavy (non-hydrogen) atoms. The van der Waals surface area contributed by atoms with Crippen molar-refractivity contribution in [2.24, 2.45) is 4.99 Å². The second-order valence-electron chi connectivity index (χ2n) is 7.29. The molecular weight excluding hydrogens is 350 g/mol. The molecule has 0 spiro atoms. The Labute approximate surface area is 167 Å². The number of benzene rings is 2. The number of hydrogen-bond acceptors (Lipinski definition) is 3. The predicted molar refractivity (Wildman–Crippen MR) is 114 cm³/mol. The molecule has 5 nitrogen and oxygen atoms in total. The van der Waals surface area contributed by atoms with Crippen molar-refractivity contribution in [3.05, 3.63) is 71.8 Å². The highest BCUT2D eigenvalue weighted by molar-refractivity contribution is 5.79. The van der Waals surface area contributed by atoms with E-state index in [2.05, 4.69) is 64.2 Å². The lowest BCUT2D eigenvalue weighted by Crippen LogP contribution is -2.43. The van der Waals surface area contributed by atoms with E-state index in [0.717, 1.165) is 19.0 Å². The average molecular weight is 382 g/mol. The zero-order valence-corrected chi connectivity index (χ0v) is 16.6. The lowest BCUT2D eigenvalue weighted by atomic mass is 9.91. The molecule has 0 unspecified atom stereocenters. The van der Waals surface area contributed by atoms with Crippen molar-refractivity contribution in [1.29, 1.82) is 0 Å². The second-order valence-corrected chi connectivity index (χ2v) is 7.29. The van der Waals surface area contributed by atoms with Crippen molar-refractivity contribution < 1.29 is 9.84 Å². The summed E-state index contributed by atoms with van der Waals surface area (Å²) < 4.78 is 5.36. The van der Waals surface area contributed by atoms with E-state index in [4.69, 9.17) is 4.74 Å². The maximum Gasteiger partial charge on any atom is 0.191 e. The molecule has 5 heteroatoms. The molecule has 1 fully saturated rings. The van der Waals surface area contributed by atoms with Gasteiger partial charge in [0.1, 0.15) is 0 Å². The summed E-state index contributed by atoms with van der Waals surface area (Å²) in [6, 6.07) is 21.0. The third-order valence-electron chi connectivity index (χ3n) is 5.18. The van der Waals surface area contributed by atoms with E-state index in [1.807, 2.05) is 19.1 Å². The van der Waals surface area contributed by atoms with Gasteiger partial charge in [-0.05, 0) is 18.1 Å². The van der Waals surface area contributed by atoms with Crippen LogP contribution in [0.3, 0.4) is 0 Å². The molecule has 1 aliphatic rings. The molecule has 0 amide bonds. The molecule has 1 saturated heterocycles. The molecule has 1 heterocycles. The van der Waals surface area contributed by atoms with Gasteiger partial charge in [-0.1, -0.05) is 60.7 Å². The lowest BCUT2D eigenvalue weighted by molar-refractivity contribution is -0.0565. The van der Waals surface area contributed by atoms with Crippen LogP contribution in [0.5, 0.6) is 0 Å². The molecule has 0 atom stereocenters. The van der Waals surface area contributed by atoms with Gasteiger partial charge in [0.25, 0.3) is 0 Å². The standard InChI is InChI=1S/C23H31N3O2/c1-2-24-22(26-18-23(27)13-15-28-16-14-23)25-17-21(19-9-5-3-6-10-19)20-11-7-4-8-12-20/h3-12,21,27H,2,13-18H2,1H3,(H2,24,25,26). The van der Waals surface area contributed by atoms with Crippen LogP contribution in [-0.2, 0) is 4.74 Å². The Kier molecular flexibility index (Phi) is 7.46. The van der Waals surface area contributed by atoms with Crippen LogP contribution in [0.4, 0.5) is 0 Å². The molecule has 0 aromatic heterocycles. The van der Waals surface area contributed by atoms with E-state index >= 15 is 0 Å². The Morgan fingerprint density at radius 2 is 1.57 bits per heavy atom. The minimum atomic E-state index is -0.765. The number of rotatable bonds is 7. The SMILES string of the molecule is CCNC(=NCC1(O)CCOCC1)NCC(c1ccccc1)c1ccccc1. The Morgan fingerprint density at radius 1 is 1.00 bits per heavy atom. The molecule has 2 aromatic rings. The molecule has 3 rings (SSSR count). The smallest absolute Gasteiger partial charge is 0.191 e. The number of hydrogen-bond donors (Lipinski definition) is 3. The summed E-state index contributed by atoms with van der Waals surface area (Å²) in [5, 5.41) is 17.4. The quantitative estimate of drug-likeness (QED) is 0.510. The summed E-state index contributed by atoms with van der Waals surface area (Å²) >= 11 is 0. The highest BCUT2D eigenvalue weighted by Crippen LogP contribution is 2.24. The van der Waals surface area contributed by atoms with Gasteiger partial charge in [0.2, 0.25) is 0 Å². The van der Waals surface area contributed by atoms with Crippen molar-refractivity contribution >= 4 is 5.96 Å². The molecule has 0 bridgehead atoms. The molecule has 150 valence electrons. The fourth-order valence-corrected chi connectivity index (χ4v) is 3.48. The van der Waals surface area contributed by atoms with Gasteiger partial charge in [0.05, 0.1) is 12.1 Å². The van der Waals surface area contributed by atoms with E-state index in [1.165, 1.54) is 11.1 Å². The first kappa shape index (κ1) is 20.4. The molecule has 3 N–H and O–H groups in total. The number of ether oxygens (including phenoxy) is 1. The summed E-state index contributed by atoms with van der Waals surface area (Å²) in [5.74, 6) is 0.955. The van der Waals surface area contributed by atoms with Gasteiger partial charge in [-0.2, -0.15) is 0 Å². The highest BCUT2D eigenvalue weighted by atomic mass is 16.5. The van der Waals surface area contributed by atoms with Gasteiger partial charge in [-0.25, -0.2) is 0 Å². The van der Waals surface area contributed by atoms with Crippen LogP contribution in [0.25, 0.3) is 0 Å². The van der Waals surface area contributed by atoms with Gasteiger partial charge in [-0.3, -0.25) is 4.99 Å². The first-order chi connectivity index (χ1) is 13.7. The summed E-state index contributed by atoms with van der Waals surface area (Å²) in [6.45, 7) is 5.12. The third kappa shape index (κ3) is 5.81. The normalized spacial score (nSPS) is 16.8. The van der Waals surface area contributed by atoms with E-state index in [9.17, 15) is 5.11 Å². The largest absolute Gasteiger partial charge is 0.388 e. The van der Waals surface area contributed by atoms with E-state index in [0.29, 0.717) is 32.6 Å². The Balaban J connectivity index is 1.71. The molecule has 1 aliphatic heterocycles. The minimum Gasteiger partial charge on any atom is -0.388 e. The number of aliphatic imine (C=N–C) groups is 1. The van der Waals surface area contributed by atoms with Crippen LogP contribution < -0.4 is 10.6 Å². The summed E-state index contributed by atoms with van der Waals surface area (Å²) in [4.78, 5) is 4.66. The van der Waals surface area contributed by atoms with Crippen LogP contribution in [0.1, 0.15) is 36.8 Å². The molecule has 0 aliphatic carbocycles. The Bertz CT molecular complexity index is 689. The van der Waals surface area contributed by atoms with Gasteiger partial charge in [0.15, 0.2) is 5.96 Å². The topological polar surface area (TPSA) is 65.9 Å². The van der Waals surface area contributed by atoms with Gasteiger partial charge in [0, 0.05) is 45.1 Å². The van der Waals surface area contributed by atoms with Crippen LogP contribution in [0.2, 0.25) is 0 Å². The van der Waals surface area contributed by atoms with E-state index < -0.39 is 5.60 Å². The molecular formula is C23H31N3O2. The van der Waals surface area contributed by atoms with Gasteiger partial charge in [-0.15, -0.1) is 0 Å². The van der Waals surface area contributed by atoms with E-state index in [1.54, 1.807) is 0 Å². The third-order valence-corrected chi connectivity index (χ3v) is 5.18. The molecule has 0 saturated carbocycles. The fraction of sp³-hybridized carbons (Fsp3) is 0.435. The van der Waals surface area contributed by atoms with Crippen molar-refractivity contribution in [1.82, 2.24) is 10.6 Å². The number of aliphatic hydroxyl groups is 1. The van der Waals surface area contributed by atoms with Gasteiger partial charge < -0.3 is 20.5 Å². The Hall–Kier alpha value is -2.37. The number of nitrogens with zero attached hydrogens (tertiary/aromatic N) is 1. The zero-order valence-electron chi connectivity index (χ0n) is 16.6.